The number of hydrogen-bond donors (Lipinski definition) is 2. The number of esters is 1. The zero-order valence-corrected chi connectivity index (χ0v) is 36.2. The molecule has 0 fully saturated rings. The van der Waals surface area contributed by atoms with Crippen molar-refractivity contribution in [2.75, 3.05) is 6.61 Å². The number of nitrogens with one attached hydrogen (secondary N) is 1. The Labute approximate surface area is 367 Å². The molecule has 0 saturated carbocycles. The van der Waals surface area contributed by atoms with E-state index in [1.54, 1.807) is 55.5 Å². The van der Waals surface area contributed by atoms with Gasteiger partial charge in [0.05, 0.1) is 12.6 Å². The molecule has 0 spiro atoms. The Morgan fingerprint density at radius 3 is 1.69 bits per heavy atom. The highest BCUT2D eigenvalue weighted by Gasteiger charge is 2.24. The number of fused-ring (bicyclic) bond motifs is 2. The van der Waals surface area contributed by atoms with E-state index in [1.165, 1.54) is 16.7 Å². The number of amides is 1. The van der Waals surface area contributed by atoms with Crippen molar-refractivity contribution in [3.8, 4) is 0 Å². The number of hydrogen-bond acceptors (Lipinski definition) is 6. The highest BCUT2D eigenvalue weighted by Crippen LogP contribution is 2.33. The van der Waals surface area contributed by atoms with Crippen LogP contribution < -0.4 is 11.1 Å². The van der Waals surface area contributed by atoms with Gasteiger partial charge in [-0.05, 0) is 139 Å². The van der Waals surface area contributed by atoms with Crippen molar-refractivity contribution in [1.82, 2.24) is 5.32 Å². The first-order valence-corrected chi connectivity index (χ1v) is 21.6. The van der Waals surface area contributed by atoms with Gasteiger partial charge in [-0.3, -0.25) is 19.2 Å². The molecule has 6 rings (SSSR count). The second kappa shape index (κ2) is 22.9. The average Bonchev–Trinajstić information content (AvgIpc) is 3.75. The van der Waals surface area contributed by atoms with Gasteiger partial charge < -0.3 is 15.8 Å². The maximum atomic E-state index is 12.4. The molecule has 310 valence electrons. The molecule has 0 aromatic heterocycles. The van der Waals surface area contributed by atoms with Crippen LogP contribution in [0.2, 0.25) is 20.1 Å². The summed E-state index contributed by atoms with van der Waals surface area (Å²) in [5.74, 6) is -0.0994. The Balaban J connectivity index is 0.000000246. The van der Waals surface area contributed by atoms with Crippen LogP contribution in [0.25, 0.3) is 12.2 Å². The first-order valence-electron chi connectivity index (χ1n) is 20.1. The molecule has 2 aliphatic rings. The number of carbonyl (C=O) groups excluding carboxylic acids is 4. The molecule has 0 bridgehead atoms. The summed E-state index contributed by atoms with van der Waals surface area (Å²) in [4.78, 5) is 48.2. The molecule has 7 nitrogen and oxygen atoms in total. The highest BCUT2D eigenvalue weighted by atomic mass is 35.5. The summed E-state index contributed by atoms with van der Waals surface area (Å²) >= 11 is 23.9. The zero-order chi connectivity index (χ0) is 42.3. The number of rotatable bonds is 17. The fraction of sp³-hybridized carbons (Fsp3) is 0.333. The largest absolute Gasteiger partial charge is 0.466 e. The van der Waals surface area contributed by atoms with E-state index in [2.05, 4.69) is 23.5 Å². The van der Waals surface area contributed by atoms with Gasteiger partial charge in [0.15, 0.2) is 11.6 Å². The van der Waals surface area contributed by atoms with E-state index < -0.39 is 0 Å². The van der Waals surface area contributed by atoms with Crippen molar-refractivity contribution < 1.29 is 23.9 Å². The lowest BCUT2D eigenvalue weighted by atomic mass is 10.0. The number of allylic oxidation sites excluding steroid dienone is 2. The van der Waals surface area contributed by atoms with Crippen LogP contribution in [-0.4, -0.2) is 30.0 Å². The summed E-state index contributed by atoms with van der Waals surface area (Å²) in [6, 6.07) is 22.8. The topological polar surface area (TPSA) is 116 Å². The van der Waals surface area contributed by atoms with Gasteiger partial charge in [-0.25, -0.2) is 0 Å². The molecule has 0 saturated heterocycles. The Bertz CT molecular complexity index is 2160. The van der Waals surface area contributed by atoms with Crippen molar-refractivity contribution in [3.63, 3.8) is 0 Å². The van der Waals surface area contributed by atoms with Crippen LogP contribution in [0, 0.1) is 0 Å². The molecule has 4 aromatic carbocycles. The number of halogens is 4. The highest BCUT2D eigenvalue weighted by molar-refractivity contribution is 6.35. The van der Waals surface area contributed by atoms with Gasteiger partial charge in [-0.2, -0.15) is 0 Å². The lowest BCUT2D eigenvalue weighted by Crippen LogP contribution is -2.26. The molecule has 11 heteroatoms. The van der Waals surface area contributed by atoms with Crippen LogP contribution in [0.5, 0.6) is 0 Å². The van der Waals surface area contributed by atoms with Gasteiger partial charge in [-0.15, -0.1) is 0 Å². The first kappa shape index (κ1) is 45.8. The monoisotopic (exact) mass is 874 g/mol. The fourth-order valence-electron chi connectivity index (χ4n) is 7.40. The third-order valence-electron chi connectivity index (χ3n) is 10.2. The van der Waals surface area contributed by atoms with E-state index >= 15 is 0 Å². The van der Waals surface area contributed by atoms with Crippen molar-refractivity contribution in [2.45, 2.75) is 96.1 Å². The van der Waals surface area contributed by atoms with E-state index in [-0.39, 0.29) is 48.4 Å². The standard InChI is InChI=1S/C29H33Cl2NO4.C19H17Cl2NO/c1-2-36-29(35)8-6-4-3-5-7-28(34)32-27-14-11-22-15-20(10-13-26(22)27)9-12-25(33)18-21-16-23(30)19-24(31)17-21;20-15-8-13(9-16(21)11-15)10-17(23)4-1-12-2-5-18-14(7-12)3-6-19(18)22/h9-10,12-13,15-17,19,27H,2-8,11,14,18H2,1H3,(H,32,34);1-2,4-5,7-9,11,19H,3,6,10,22H2/b12-9+;4-1+. The Morgan fingerprint density at radius 1 is 0.661 bits per heavy atom. The van der Waals surface area contributed by atoms with E-state index in [0.717, 1.165) is 79.2 Å². The number of benzene rings is 4. The summed E-state index contributed by atoms with van der Waals surface area (Å²) in [5, 5.41) is 5.27. The van der Waals surface area contributed by atoms with Crippen LogP contribution in [0.4, 0.5) is 0 Å². The van der Waals surface area contributed by atoms with Gasteiger partial charge in [0.1, 0.15) is 0 Å². The average molecular weight is 877 g/mol. The molecule has 2 unspecified atom stereocenters. The maximum Gasteiger partial charge on any atom is 0.305 e. The normalized spacial score (nSPS) is 15.4. The van der Waals surface area contributed by atoms with Crippen molar-refractivity contribution in [1.29, 1.82) is 0 Å². The predicted molar refractivity (Wildman–Crippen MR) is 240 cm³/mol. The minimum absolute atomic E-state index is 0.0144. The fourth-order valence-corrected chi connectivity index (χ4v) is 8.54. The number of ketones is 2. The summed E-state index contributed by atoms with van der Waals surface area (Å²) in [5.41, 5.74) is 14.5. The lowest BCUT2D eigenvalue weighted by molar-refractivity contribution is -0.143. The van der Waals surface area contributed by atoms with E-state index in [0.29, 0.717) is 39.5 Å². The molecule has 2 aliphatic carbocycles. The molecule has 2 atom stereocenters. The van der Waals surface area contributed by atoms with E-state index in [4.69, 9.17) is 56.9 Å². The number of unbranched alkanes of at least 4 members (excludes halogenated alkanes) is 3. The molecule has 59 heavy (non-hydrogen) atoms. The van der Waals surface area contributed by atoms with Gasteiger partial charge in [0.25, 0.3) is 0 Å². The Kier molecular flexibility index (Phi) is 17.8. The van der Waals surface area contributed by atoms with Crippen LogP contribution in [0.15, 0.2) is 84.9 Å². The van der Waals surface area contributed by atoms with E-state index in [1.807, 2.05) is 30.4 Å². The SMILES string of the molecule is CCOC(=O)CCCCCCC(=O)NC1CCc2cc(/C=C/C(=O)Cc3cc(Cl)cc(Cl)c3)ccc21.NC1CCc2cc(/C=C/C(=O)Cc3cc(Cl)cc(Cl)c3)ccc21. The molecule has 1 amide bonds. The lowest BCUT2D eigenvalue weighted by Gasteiger charge is -2.14. The first-order chi connectivity index (χ1) is 28.3. The Morgan fingerprint density at radius 2 is 1.15 bits per heavy atom. The number of carbonyl (C=O) groups is 4. The smallest absolute Gasteiger partial charge is 0.305 e. The van der Waals surface area contributed by atoms with Gasteiger partial charge in [0.2, 0.25) is 5.91 Å². The van der Waals surface area contributed by atoms with Gasteiger partial charge >= 0.3 is 5.97 Å². The van der Waals surface area contributed by atoms with Crippen molar-refractivity contribution in [3.05, 3.63) is 150 Å². The number of aryl methyl sites for hydroxylation is 2. The third kappa shape index (κ3) is 15.1. The van der Waals surface area contributed by atoms with Gasteiger partial charge in [0, 0.05) is 51.8 Å². The molecule has 0 radical (unpaired) electrons. The molecule has 4 aromatic rings. The molecular formula is C48H50Cl4N2O5. The van der Waals surface area contributed by atoms with Crippen LogP contribution >= 0.6 is 46.4 Å². The summed E-state index contributed by atoms with van der Waals surface area (Å²) in [6.07, 6.45) is 15.5. The minimum Gasteiger partial charge on any atom is -0.466 e. The summed E-state index contributed by atoms with van der Waals surface area (Å²) < 4.78 is 4.92. The summed E-state index contributed by atoms with van der Waals surface area (Å²) in [6.45, 7) is 2.22. The molecule has 0 heterocycles. The molecule has 0 aliphatic heterocycles. The van der Waals surface area contributed by atoms with E-state index in [9.17, 15) is 19.2 Å². The Hall–Kier alpha value is -4.24. The van der Waals surface area contributed by atoms with Crippen LogP contribution in [0.3, 0.4) is 0 Å². The second-order valence-corrected chi connectivity index (χ2v) is 16.7. The summed E-state index contributed by atoms with van der Waals surface area (Å²) in [7, 11) is 0. The quantitative estimate of drug-likeness (QED) is 0.0620. The number of nitrogens with two attached hydrogens (primary N) is 1. The maximum absolute atomic E-state index is 12.4. The van der Waals surface area contributed by atoms with Crippen molar-refractivity contribution in [2.24, 2.45) is 5.73 Å². The molecular weight excluding hydrogens is 826 g/mol. The predicted octanol–water partition coefficient (Wildman–Crippen LogP) is 11.6. The van der Waals surface area contributed by atoms with Crippen LogP contribution in [-0.2, 0) is 49.6 Å². The third-order valence-corrected chi connectivity index (χ3v) is 11.1. The number of ether oxygens (including phenoxy) is 1. The van der Waals surface area contributed by atoms with Crippen LogP contribution in [0.1, 0.15) is 115 Å². The zero-order valence-electron chi connectivity index (χ0n) is 33.2. The van der Waals surface area contributed by atoms with Crippen molar-refractivity contribution >= 4 is 82.0 Å². The minimum atomic E-state index is -0.150. The van der Waals surface area contributed by atoms with Gasteiger partial charge in [-0.1, -0.05) is 108 Å². The second-order valence-electron chi connectivity index (χ2n) is 14.9. The molecule has 3 N–H and O–H groups in total.